The molecule has 0 amide bonds. The Labute approximate surface area is 121 Å². The smallest absolute Gasteiger partial charge is 0.403 e. The molecular weight excluding hydrogens is 258 g/mol. The van der Waals surface area contributed by atoms with Crippen LogP contribution in [0.15, 0.2) is 24.3 Å². The first kappa shape index (κ1) is 14.9. The topological polar surface area (TPSA) is 18.5 Å². The SMILES string of the molecule is C[C@@H](CB1OC(C)(C)C(C)(C)O1)c1ccc(Cl)cc1. The van der Waals surface area contributed by atoms with Gasteiger partial charge in [0.25, 0.3) is 0 Å². The van der Waals surface area contributed by atoms with E-state index < -0.39 is 0 Å². The van der Waals surface area contributed by atoms with Gasteiger partial charge in [-0.1, -0.05) is 30.7 Å². The van der Waals surface area contributed by atoms with E-state index in [-0.39, 0.29) is 18.3 Å². The van der Waals surface area contributed by atoms with E-state index in [1.807, 2.05) is 12.1 Å². The third kappa shape index (κ3) is 3.15. The fraction of sp³-hybridized carbons (Fsp3) is 0.600. The van der Waals surface area contributed by atoms with Crippen LogP contribution in [0.1, 0.15) is 46.1 Å². The molecule has 2 rings (SSSR count). The largest absolute Gasteiger partial charge is 0.458 e. The highest BCUT2D eigenvalue weighted by molar-refractivity contribution is 6.45. The van der Waals surface area contributed by atoms with E-state index in [9.17, 15) is 0 Å². The molecule has 1 aromatic rings. The Balaban J connectivity index is 2.01. The number of hydrogen-bond acceptors (Lipinski definition) is 2. The van der Waals surface area contributed by atoms with Gasteiger partial charge in [0.15, 0.2) is 0 Å². The molecule has 1 saturated heterocycles. The molecule has 0 radical (unpaired) electrons. The summed E-state index contributed by atoms with van der Waals surface area (Å²) < 4.78 is 12.1. The van der Waals surface area contributed by atoms with Gasteiger partial charge in [0.2, 0.25) is 0 Å². The number of benzene rings is 1. The van der Waals surface area contributed by atoms with Crippen LogP contribution in [0, 0.1) is 0 Å². The van der Waals surface area contributed by atoms with Crippen molar-refractivity contribution in [3.8, 4) is 0 Å². The van der Waals surface area contributed by atoms with Crippen molar-refractivity contribution in [3.63, 3.8) is 0 Å². The Morgan fingerprint density at radius 1 is 1.05 bits per heavy atom. The van der Waals surface area contributed by atoms with E-state index in [2.05, 4.69) is 46.8 Å². The summed E-state index contributed by atoms with van der Waals surface area (Å²) in [5.41, 5.74) is 0.758. The van der Waals surface area contributed by atoms with Crippen molar-refractivity contribution in [1.29, 1.82) is 0 Å². The Bertz CT molecular complexity index is 426. The van der Waals surface area contributed by atoms with Gasteiger partial charge < -0.3 is 9.31 Å². The van der Waals surface area contributed by atoms with Gasteiger partial charge in [-0.15, -0.1) is 0 Å². The molecule has 19 heavy (non-hydrogen) atoms. The van der Waals surface area contributed by atoms with Crippen LogP contribution in [-0.2, 0) is 9.31 Å². The van der Waals surface area contributed by atoms with E-state index >= 15 is 0 Å². The monoisotopic (exact) mass is 280 g/mol. The molecular formula is C15H22BClO2. The third-order valence-electron chi connectivity index (χ3n) is 4.29. The molecule has 1 fully saturated rings. The highest BCUT2D eigenvalue weighted by atomic mass is 35.5. The van der Waals surface area contributed by atoms with Crippen LogP contribution < -0.4 is 0 Å². The van der Waals surface area contributed by atoms with E-state index in [0.717, 1.165) is 11.3 Å². The predicted octanol–water partition coefficient (Wildman–Crippen LogP) is 4.54. The van der Waals surface area contributed by atoms with Gasteiger partial charge in [-0.3, -0.25) is 0 Å². The molecule has 0 N–H and O–H groups in total. The predicted molar refractivity (Wildman–Crippen MR) is 80.8 cm³/mol. The molecule has 2 nitrogen and oxygen atoms in total. The van der Waals surface area contributed by atoms with Crippen molar-refractivity contribution in [2.75, 3.05) is 0 Å². The zero-order valence-corrected chi connectivity index (χ0v) is 13.1. The molecule has 1 aliphatic rings. The van der Waals surface area contributed by atoms with Crippen molar-refractivity contribution in [3.05, 3.63) is 34.9 Å². The molecule has 1 aromatic carbocycles. The minimum Gasteiger partial charge on any atom is -0.403 e. The maximum Gasteiger partial charge on any atom is 0.458 e. The molecule has 104 valence electrons. The third-order valence-corrected chi connectivity index (χ3v) is 4.54. The molecule has 0 bridgehead atoms. The summed E-state index contributed by atoms with van der Waals surface area (Å²) in [5.74, 6) is 0.381. The summed E-state index contributed by atoms with van der Waals surface area (Å²) in [6.45, 7) is 10.5. The van der Waals surface area contributed by atoms with E-state index in [1.165, 1.54) is 5.56 Å². The zero-order chi connectivity index (χ0) is 14.3. The Hall–Kier alpha value is -0.505. The lowest BCUT2D eigenvalue weighted by Gasteiger charge is -2.32. The van der Waals surface area contributed by atoms with Gasteiger partial charge in [0.1, 0.15) is 0 Å². The number of rotatable bonds is 3. The normalized spacial score (nSPS) is 22.5. The van der Waals surface area contributed by atoms with E-state index in [4.69, 9.17) is 20.9 Å². The van der Waals surface area contributed by atoms with Crippen LogP contribution in [-0.4, -0.2) is 18.3 Å². The Morgan fingerprint density at radius 2 is 1.53 bits per heavy atom. The average Bonchev–Trinajstić information content (AvgIpc) is 2.47. The van der Waals surface area contributed by atoms with Gasteiger partial charge >= 0.3 is 7.12 Å². The maximum atomic E-state index is 6.03. The quantitative estimate of drug-likeness (QED) is 0.757. The molecule has 1 atom stereocenters. The maximum absolute atomic E-state index is 6.03. The fourth-order valence-electron chi connectivity index (χ4n) is 2.28. The summed E-state index contributed by atoms with van der Waals surface area (Å²) in [6.07, 6.45) is 0.856. The lowest BCUT2D eigenvalue weighted by atomic mass is 9.75. The van der Waals surface area contributed by atoms with E-state index in [0.29, 0.717) is 5.92 Å². The van der Waals surface area contributed by atoms with Gasteiger partial charge in [0.05, 0.1) is 11.2 Å². The van der Waals surface area contributed by atoms with Crippen LogP contribution >= 0.6 is 11.6 Å². The molecule has 0 aromatic heterocycles. The fourth-order valence-corrected chi connectivity index (χ4v) is 2.40. The van der Waals surface area contributed by atoms with Crippen LogP contribution in [0.4, 0.5) is 0 Å². The highest BCUT2D eigenvalue weighted by Gasteiger charge is 2.51. The lowest BCUT2D eigenvalue weighted by Crippen LogP contribution is -2.41. The molecule has 0 aliphatic carbocycles. The van der Waals surface area contributed by atoms with Crippen molar-refractivity contribution in [2.24, 2.45) is 0 Å². The Kier molecular flexibility index (Phi) is 4.01. The standard InChI is InChI=1S/C15H22BClO2/c1-11(12-6-8-13(17)9-7-12)10-16-18-14(2,3)15(4,5)19-16/h6-9,11H,10H2,1-5H3/t11-/m0/s1. The summed E-state index contributed by atoms with van der Waals surface area (Å²) in [7, 11) is -0.143. The molecule has 4 heteroatoms. The summed E-state index contributed by atoms with van der Waals surface area (Å²) in [6, 6.07) is 7.99. The summed E-state index contributed by atoms with van der Waals surface area (Å²) >= 11 is 5.91. The Morgan fingerprint density at radius 3 is 2.00 bits per heavy atom. The molecule has 1 aliphatic heterocycles. The van der Waals surface area contributed by atoms with Crippen LogP contribution in [0.25, 0.3) is 0 Å². The molecule has 0 unspecified atom stereocenters. The molecule has 1 heterocycles. The molecule has 0 saturated carbocycles. The molecule has 0 spiro atoms. The van der Waals surface area contributed by atoms with Gasteiger partial charge in [-0.25, -0.2) is 0 Å². The first-order chi connectivity index (χ1) is 8.71. The zero-order valence-electron chi connectivity index (χ0n) is 12.4. The average molecular weight is 281 g/mol. The van der Waals surface area contributed by atoms with Crippen LogP contribution in [0.2, 0.25) is 11.3 Å². The van der Waals surface area contributed by atoms with E-state index in [1.54, 1.807) is 0 Å². The number of hydrogen-bond donors (Lipinski definition) is 0. The van der Waals surface area contributed by atoms with Crippen LogP contribution in [0.3, 0.4) is 0 Å². The van der Waals surface area contributed by atoms with Crippen molar-refractivity contribution in [2.45, 2.75) is 58.1 Å². The van der Waals surface area contributed by atoms with Gasteiger partial charge in [0, 0.05) is 5.02 Å². The van der Waals surface area contributed by atoms with Crippen molar-refractivity contribution in [1.82, 2.24) is 0 Å². The van der Waals surface area contributed by atoms with Crippen LogP contribution in [0.5, 0.6) is 0 Å². The van der Waals surface area contributed by atoms with Crippen molar-refractivity contribution >= 4 is 18.7 Å². The first-order valence-electron chi connectivity index (χ1n) is 6.82. The highest BCUT2D eigenvalue weighted by Crippen LogP contribution is 2.39. The van der Waals surface area contributed by atoms with Gasteiger partial charge in [-0.2, -0.15) is 0 Å². The first-order valence-corrected chi connectivity index (χ1v) is 7.20. The second-order valence-corrected chi connectivity index (χ2v) is 6.81. The number of halogens is 1. The second kappa shape index (κ2) is 5.12. The second-order valence-electron chi connectivity index (χ2n) is 6.37. The van der Waals surface area contributed by atoms with Crippen molar-refractivity contribution < 1.29 is 9.31 Å². The summed E-state index contributed by atoms with van der Waals surface area (Å²) in [4.78, 5) is 0. The lowest BCUT2D eigenvalue weighted by molar-refractivity contribution is 0.00578. The van der Waals surface area contributed by atoms with Gasteiger partial charge in [-0.05, 0) is 57.6 Å². The minimum absolute atomic E-state index is 0.143. The minimum atomic E-state index is -0.253. The summed E-state index contributed by atoms with van der Waals surface area (Å²) in [5, 5.41) is 0.770.